The number of aliphatic hydroxyl groups is 1. The summed E-state index contributed by atoms with van der Waals surface area (Å²) >= 11 is 4.85. The van der Waals surface area contributed by atoms with E-state index in [0.717, 1.165) is 9.35 Å². The molecule has 96 valence electrons. The molecule has 0 fully saturated rings. The molecule has 1 rings (SSSR count). The first-order valence-corrected chi connectivity index (χ1v) is 7.13. The van der Waals surface area contributed by atoms with Crippen LogP contribution in [0.4, 0.5) is 0 Å². The molecule has 0 saturated heterocycles. The minimum atomic E-state index is -0.866. The van der Waals surface area contributed by atoms with Crippen LogP contribution in [0.5, 0.6) is 0 Å². The molecule has 0 unspecified atom stereocenters. The standard InChI is InChI=1S/C12H18BrNO2S/c1-5-14(7-12(3,4)16)11(15)9-6-8(2)10(13)17-9/h6,16H,5,7H2,1-4H3. The summed E-state index contributed by atoms with van der Waals surface area (Å²) in [5.41, 5.74) is 0.201. The maximum absolute atomic E-state index is 12.2. The predicted molar refractivity (Wildman–Crippen MR) is 74.6 cm³/mol. The molecule has 1 amide bonds. The highest BCUT2D eigenvalue weighted by Crippen LogP contribution is 2.28. The lowest BCUT2D eigenvalue weighted by molar-refractivity contribution is 0.0317. The summed E-state index contributed by atoms with van der Waals surface area (Å²) in [6, 6.07) is 1.88. The van der Waals surface area contributed by atoms with Gasteiger partial charge in [0, 0.05) is 13.1 Å². The van der Waals surface area contributed by atoms with Crippen LogP contribution in [0.25, 0.3) is 0 Å². The highest BCUT2D eigenvalue weighted by Gasteiger charge is 2.23. The van der Waals surface area contributed by atoms with Gasteiger partial charge in [0.2, 0.25) is 0 Å². The van der Waals surface area contributed by atoms with E-state index in [-0.39, 0.29) is 5.91 Å². The lowest BCUT2D eigenvalue weighted by atomic mass is 10.1. The number of hydrogen-bond donors (Lipinski definition) is 1. The number of rotatable bonds is 4. The van der Waals surface area contributed by atoms with Gasteiger partial charge in [-0.3, -0.25) is 4.79 Å². The Morgan fingerprint density at radius 3 is 2.53 bits per heavy atom. The Kier molecular flexibility index (Phi) is 4.75. The average Bonchev–Trinajstić information content (AvgIpc) is 2.53. The largest absolute Gasteiger partial charge is 0.389 e. The van der Waals surface area contributed by atoms with Crippen molar-refractivity contribution in [2.24, 2.45) is 0 Å². The van der Waals surface area contributed by atoms with Crippen molar-refractivity contribution < 1.29 is 9.90 Å². The zero-order valence-electron chi connectivity index (χ0n) is 10.6. The lowest BCUT2D eigenvalue weighted by Gasteiger charge is -2.27. The molecule has 0 aliphatic rings. The average molecular weight is 320 g/mol. The SMILES string of the molecule is CCN(CC(C)(C)O)C(=O)c1cc(C)c(Br)s1. The molecule has 3 nitrogen and oxygen atoms in total. The number of thiophene rings is 1. The summed E-state index contributed by atoms with van der Waals surface area (Å²) in [6.07, 6.45) is 0. The van der Waals surface area contributed by atoms with E-state index in [1.807, 2.05) is 19.9 Å². The molecule has 17 heavy (non-hydrogen) atoms. The smallest absolute Gasteiger partial charge is 0.264 e. The normalized spacial score (nSPS) is 11.6. The fraction of sp³-hybridized carbons (Fsp3) is 0.583. The quantitative estimate of drug-likeness (QED) is 0.926. The second kappa shape index (κ2) is 5.50. The highest BCUT2D eigenvalue weighted by molar-refractivity contribution is 9.11. The summed E-state index contributed by atoms with van der Waals surface area (Å²) in [5.74, 6) is -0.0200. The first-order chi connectivity index (χ1) is 7.74. The number of carbonyl (C=O) groups is 1. The molecule has 5 heteroatoms. The molecule has 0 aromatic carbocycles. The molecular weight excluding hydrogens is 302 g/mol. The summed E-state index contributed by atoms with van der Waals surface area (Å²) in [7, 11) is 0. The zero-order valence-corrected chi connectivity index (χ0v) is 13.0. The van der Waals surface area contributed by atoms with Gasteiger partial charge in [-0.25, -0.2) is 0 Å². The van der Waals surface area contributed by atoms with Gasteiger partial charge in [0.25, 0.3) is 5.91 Å². The number of amides is 1. The second-order valence-electron chi connectivity index (χ2n) is 4.70. The Morgan fingerprint density at radius 2 is 2.18 bits per heavy atom. The van der Waals surface area contributed by atoms with Crippen molar-refractivity contribution in [3.63, 3.8) is 0 Å². The van der Waals surface area contributed by atoms with Crippen molar-refractivity contribution in [1.82, 2.24) is 4.90 Å². The summed E-state index contributed by atoms with van der Waals surface area (Å²) in [4.78, 5) is 14.6. The van der Waals surface area contributed by atoms with Gasteiger partial charge in [-0.2, -0.15) is 0 Å². The highest BCUT2D eigenvalue weighted by atomic mass is 79.9. The Hall–Kier alpha value is -0.390. The maximum atomic E-state index is 12.2. The predicted octanol–water partition coefficient (Wildman–Crippen LogP) is 3.05. The minimum Gasteiger partial charge on any atom is -0.389 e. The van der Waals surface area contributed by atoms with Gasteiger partial charge in [-0.15, -0.1) is 11.3 Å². The molecule has 1 aromatic heterocycles. The Balaban J connectivity index is 2.86. The van der Waals surface area contributed by atoms with Gasteiger partial charge in [0.05, 0.1) is 14.3 Å². The summed E-state index contributed by atoms with van der Waals surface area (Å²) in [5, 5.41) is 9.78. The van der Waals surface area contributed by atoms with E-state index in [0.29, 0.717) is 18.0 Å². The van der Waals surface area contributed by atoms with Crippen molar-refractivity contribution in [3.05, 3.63) is 20.3 Å². The van der Waals surface area contributed by atoms with Crippen LogP contribution in [0.15, 0.2) is 9.85 Å². The van der Waals surface area contributed by atoms with Crippen molar-refractivity contribution in [2.45, 2.75) is 33.3 Å². The lowest BCUT2D eigenvalue weighted by Crippen LogP contribution is -2.41. The number of hydrogen-bond acceptors (Lipinski definition) is 3. The van der Waals surface area contributed by atoms with Crippen LogP contribution in [-0.4, -0.2) is 34.6 Å². The molecule has 0 bridgehead atoms. The Morgan fingerprint density at radius 1 is 1.59 bits per heavy atom. The first-order valence-electron chi connectivity index (χ1n) is 5.52. The van der Waals surface area contributed by atoms with Crippen molar-refractivity contribution in [2.75, 3.05) is 13.1 Å². The van der Waals surface area contributed by atoms with Gasteiger partial charge in [-0.05, 0) is 55.3 Å². The van der Waals surface area contributed by atoms with E-state index >= 15 is 0 Å². The fourth-order valence-corrected chi connectivity index (χ4v) is 3.02. The molecule has 1 heterocycles. The number of carbonyl (C=O) groups excluding carboxylic acids is 1. The van der Waals surface area contributed by atoms with Crippen LogP contribution in [0.2, 0.25) is 0 Å². The third kappa shape index (κ3) is 4.08. The van der Waals surface area contributed by atoms with E-state index in [1.54, 1.807) is 18.7 Å². The Bertz CT molecular complexity index is 390. The summed E-state index contributed by atoms with van der Waals surface area (Å²) < 4.78 is 0.986. The van der Waals surface area contributed by atoms with Crippen LogP contribution in [0, 0.1) is 6.92 Å². The maximum Gasteiger partial charge on any atom is 0.264 e. The molecule has 1 N–H and O–H groups in total. The van der Waals surface area contributed by atoms with Crippen LogP contribution < -0.4 is 0 Å². The van der Waals surface area contributed by atoms with E-state index in [2.05, 4.69) is 15.9 Å². The first kappa shape index (κ1) is 14.7. The van der Waals surface area contributed by atoms with Crippen molar-refractivity contribution in [1.29, 1.82) is 0 Å². The van der Waals surface area contributed by atoms with Crippen LogP contribution in [-0.2, 0) is 0 Å². The molecule has 0 radical (unpaired) electrons. The molecule has 0 spiro atoms. The minimum absolute atomic E-state index is 0.0200. The van der Waals surface area contributed by atoms with E-state index in [9.17, 15) is 9.90 Å². The monoisotopic (exact) mass is 319 g/mol. The van der Waals surface area contributed by atoms with Crippen LogP contribution in [0.1, 0.15) is 36.0 Å². The van der Waals surface area contributed by atoms with Gasteiger partial charge < -0.3 is 10.0 Å². The number of nitrogens with zero attached hydrogens (tertiary/aromatic N) is 1. The third-order valence-corrected chi connectivity index (χ3v) is 4.44. The fourth-order valence-electron chi connectivity index (χ4n) is 1.52. The number of aryl methyl sites for hydroxylation is 1. The van der Waals surface area contributed by atoms with Gasteiger partial charge in [-0.1, -0.05) is 0 Å². The second-order valence-corrected chi connectivity index (χ2v) is 7.07. The van der Waals surface area contributed by atoms with Crippen LogP contribution in [0.3, 0.4) is 0 Å². The molecular formula is C12H18BrNO2S. The summed E-state index contributed by atoms with van der Waals surface area (Å²) in [6.45, 7) is 8.23. The Labute approximate surface area is 115 Å². The zero-order chi connectivity index (χ0) is 13.2. The number of halogens is 1. The number of likely N-dealkylation sites (N-methyl/N-ethyl adjacent to an activating group) is 1. The topological polar surface area (TPSA) is 40.5 Å². The van der Waals surface area contributed by atoms with Gasteiger partial charge >= 0.3 is 0 Å². The van der Waals surface area contributed by atoms with Crippen molar-refractivity contribution in [3.8, 4) is 0 Å². The van der Waals surface area contributed by atoms with Gasteiger partial charge in [0.1, 0.15) is 0 Å². The van der Waals surface area contributed by atoms with Crippen LogP contribution >= 0.6 is 27.3 Å². The third-order valence-electron chi connectivity index (χ3n) is 2.31. The van der Waals surface area contributed by atoms with E-state index in [4.69, 9.17) is 0 Å². The molecule has 0 aliphatic heterocycles. The van der Waals surface area contributed by atoms with Crippen molar-refractivity contribution >= 4 is 33.2 Å². The van der Waals surface area contributed by atoms with E-state index < -0.39 is 5.60 Å². The molecule has 0 atom stereocenters. The molecule has 0 aliphatic carbocycles. The molecule has 1 aromatic rings. The molecule has 0 saturated carbocycles. The van der Waals surface area contributed by atoms with E-state index in [1.165, 1.54) is 11.3 Å². The van der Waals surface area contributed by atoms with Gasteiger partial charge in [0.15, 0.2) is 0 Å².